The summed E-state index contributed by atoms with van der Waals surface area (Å²) in [6, 6.07) is 5.83. The molecule has 1 unspecified atom stereocenters. The molecule has 1 aromatic rings. The molecule has 1 aromatic carbocycles. The number of morpholine rings is 1. The fourth-order valence-corrected chi connectivity index (χ4v) is 2.54. The van der Waals surface area contributed by atoms with Crippen molar-refractivity contribution in [3.8, 4) is 0 Å². The lowest BCUT2D eigenvalue weighted by molar-refractivity contribution is -0.133. The van der Waals surface area contributed by atoms with Gasteiger partial charge < -0.3 is 15.8 Å². The second-order valence-electron chi connectivity index (χ2n) is 5.86. The molecule has 0 aliphatic carbocycles. The summed E-state index contributed by atoms with van der Waals surface area (Å²) in [7, 11) is 0. The van der Waals surface area contributed by atoms with Crippen molar-refractivity contribution >= 4 is 11.6 Å². The van der Waals surface area contributed by atoms with E-state index in [1.54, 1.807) is 0 Å². The zero-order chi connectivity index (χ0) is 15.4. The summed E-state index contributed by atoms with van der Waals surface area (Å²) >= 11 is 0. The van der Waals surface area contributed by atoms with Gasteiger partial charge in [-0.25, -0.2) is 0 Å². The molecule has 21 heavy (non-hydrogen) atoms. The number of nitrogens with two attached hydrogens (primary N) is 1. The highest BCUT2D eigenvalue weighted by Crippen LogP contribution is 2.19. The molecule has 1 aliphatic rings. The number of hydrogen-bond acceptors (Lipinski definition) is 4. The van der Waals surface area contributed by atoms with E-state index in [1.807, 2.05) is 32.9 Å². The predicted molar refractivity (Wildman–Crippen MR) is 83.9 cm³/mol. The topological polar surface area (TPSA) is 67.6 Å². The van der Waals surface area contributed by atoms with Gasteiger partial charge in [-0.15, -0.1) is 0 Å². The summed E-state index contributed by atoms with van der Waals surface area (Å²) in [6.07, 6.45) is 0. The normalized spacial score (nSPS) is 19.7. The Balaban J connectivity index is 2.12. The smallest absolute Gasteiger partial charge is 0.239 e. The van der Waals surface area contributed by atoms with Crippen LogP contribution in [0.2, 0.25) is 0 Å². The Morgan fingerprint density at radius 1 is 1.52 bits per heavy atom. The molecular weight excluding hydrogens is 266 g/mol. The number of rotatable bonds is 4. The van der Waals surface area contributed by atoms with Crippen LogP contribution in [0, 0.1) is 6.92 Å². The number of carbonyl (C=O) groups is 1. The first-order chi connectivity index (χ1) is 9.99. The number of benzene rings is 1. The largest absolute Gasteiger partial charge is 0.399 e. The first-order valence-electron chi connectivity index (χ1n) is 7.45. The van der Waals surface area contributed by atoms with Gasteiger partial charge in [0.2, 0.25) is 5.91 Å². The van der Waals surface area contributed by atoms with Gasteiger partial charge in [0.25, 0.3) is 0 Å². The highest BCUT2D eigenvalue weighted by Gasteiger charge is 2.29. The van der Waals surface area contributed by atoms with Gasteiger partial charge in [0, 0.05) is 24.8 Å². The van der Waals surface area contributed by atoms with Crippen molar-refractivity contribution in [3.05, 3.63) is 29.3 Å². The standard InChI is InChI=1S/C16H25N3O2/c1-11(2)18-16(20)15-10-21-8-7-19(15)9-13-5-4-6-14(17)12(13)3/h4-6,11,15H,7-10,17H2,1-3H3,(H,18,20). The summed E-state index contributed by atoms with van der Waals surface area (Å²) in [6.45, 7) is 8.53. The average Bonchev–Trinajstić information content (AvgIpc) is 2.43. The number of nitrogens with one attached hydrogen (secondary N) is 1. The van der Waals surface area contributed by atoms with Crippen LogP contribution in [0.25, 0.3) is 0 Å². The molecule has 2 rings (SSSR count). The molecule has 1 saturated heterocycles. The zero-order valence-electron chi connectivity index (χ0n) is 13.1. The number of amides is 1. The Morgan fingerprint density at radius 3 is 3.00 bits per heavy atom. The van der Waals surface area contributed by atoms with Gasteiger partial charge in [0.15, 0.2) is 0 Å². The lowest BCUT2D eigenvalue weighted by Crippen LogP contribution is -2.54. The van der Waals surface area contributed by atoms with E-state index in [4.69, 9.17) is 10.5 Å². The first kappa shape index (κ1) is 15.8. The number of nitrogen functional groups attached to an aromatic ring is 1. The fourth-order valence-electron chi connectivity index (χ4n) is 2.54. The van der Waals surface area contributed by atoms with Gasteiger partial charge in [0.05, 0.1) is 13.2 Å². The van der Waals surface area contributed by atoms with Gasteiger partial charge in [-0.1, -0.05) is 12.1 Å². The predicted octanol–water partition coefficient (Wildman–Crippen LogP) is 1.30. The van der Waals surface area contributed by atoms with E-state index in [2.05, 4.69) is 16.3 Å². The quantitative estimate of drug-likeness (QED) is 0.821. The Bertz CT molecular complexity index is 502. The van der Waals surface area contributed by atoms with Crippen molar-refractivity contribution < 1.29 is 9.53 Å². The van der Waals surface area contributed by atoms with Crippen LogP contribution in [-0.2, 0) is 16.1 Å². The van der Waals surface area contributed by atoms with Crippen molar-refractivity contribution in [2.45, 2.75) is 39.4 Å². The number of anilines is 1. The van der Waals surface area contributed by atoms with Gasteiger partial charge in [-0.05, 0) is 38.0 Å². The molecule has 1 fully saturated rings. The van der Waals surface area contributed by atoms with E-state index in [1.165, 1.54) is 5.56 Å². The molecule has 1 atom stereocenters. The van der Waals surface area contributed by atoms with E-state index in [0.717, 1.165) is 24.3 Å². The van der Waals surface area contributed by atoms with Crippen molar-refractivity contribution in [2.75, 3.05) is 25.5 Å². The Hall–Kier alpha value is -1.59. The maximum Gasteiger partial charge on any atom is 0.239 e. The number of nitrogens with zero attached hydrogens (tertiary/aromatic N) is 1. The molecule has 1 heterocycles. The molecule has 5 heteroatoms. The van der Waals surface area contributed by atoms with E-state index in [9.17, 15) is 4.79 Å². The molecule has 0 spiro atoms. The number of ether oxygens (including phenoxy) is 1. The first-order valence-corrected chi connectivity index (χ1v) is 7.45. The summed E-state index contributed by atoms with van der Waals surface area (Å²) in [5.74, 6) is 0.0336. The third kappa shape index (κ3) is 3.95. The van der Waals surface area contributed by atoms with E-state index < -0.39 is 0 Å². The van der Waals surface area contributed by atoms with Crippen LogP contribution in [0.5, 0.6) is 0 Å². The SMILES string of the molecule is Cc1c(N)cccc1CN1CCOCC1C(=O)NC(C)C. The molecule has 3 N–H and O–H groups in total. The van der Waals surface area contributed by atoms with E-state index in [0.29, 0.717) is 13.2 Å². The summed E-state index contributed by atoms with van der Waals surface area (Å²) < 4.78 is 5.48. The van der Waals surface area contributed by atoms with Crippen LogP contribution in [0.3, 0.4) is 0 Å². The van der Waals surface area contributed by atoms with Crippen LogP contribution >= 0.6 is 0 Å². The molecule has 1 amide bonds. The second-order valence-corrected chi connectivity index (χ2v) is 5.86. The Kier molecular flexibility index (Phi) is 5.20. The van der Waals surface area contributed by atoms with E-state index >= 15 is 0 Å². The average molecular weight is 291 g/mol. The lowest BCUT2D eigenvalue weighted by atomic mass is 10.0. The zero-order valence-corrected chi connectivity index (χ0v) is 13.1. The number of hydrogen-bond donors (Lipinski definition) is 2. The van der Waals surface area contributed by atoms with Crippen molar-refractivity contribution in [1.82, 2.24) is 10.2 Å². The highest BCUT2D eigenvalue weighted by molar-refractivity contribution is 5.82. The number of carbonyl (C=O) groups excluding carboxylic acids is 1. The van der Waals surface area contributed by atoms with Gasteiger partial charge >= 0.3 is 0 Å². The van der Waals surface area contributed by atoms with Crippen LogP contribution < -0.4 is 11.1 Å². The summed E-state index contributed by atoms with van der Waals surface area (Å²) in [5.41, 5.74) is 9.01. The molecule has 0 bridgehead atoms. The molecule has 0 saturated carbocycles. The van der Waals surface area contributed by atoms with E-state index in [-0.39, 0.29) is 18.0 Å². The Morgan fingerprint density at radius 2 is 2.29 bits per heavy atom. The van der Waals surface area contributed by atoms with Crippen molar-refractivity contribution in [3.63, 3.8) is 0 Å². The van der Waals surface area contributed by atoms with Crippen molar-refractivity contribution in [2.24, 2.45) is 0 Å². The van der Waals surface area contributed by atoms with Crippen LogP contribution in [-0.4, -0.2) is 42.6 Å². The fraction of sp³-hybridized carbons (Fsp3) is 0.562. The molecule has 5 nitrogen and oxygen atoms in total. The van der Waals surface area contributed by atoms with Gasteiger partial charge in [0.1, 0.15) is 6.04 Å². The Labute approximate surface area is 126 Å². The molecule has 116 valence electrons. The minimum absolute atomic E-state index is 0.0336. The third-order valence-electron chi connectivity index (χ3n) is 3.83. The monoisotopic (exact) mass is 291 g/mol. The van der Waals surface area contributed by atoms with Gasteiger partial charge in [-0.2, -0.15) is 0 Å². The maximum atomic E-state index is 12.3. The maximum absolute atomic E-state index is 12.3. The molecule has 0 radical (unpaired) electrons. The van der Waals surface area contributed by atoms with Crippen LogP contribution in [0.1, 0.15) is 25.0 Å². The highest BCUT2D eigenvalue weighted by atomic mass is 16.5. The molecule has 1 aliphatic heterocycles. The molecular formula is C16H25N3O2. The summed E-state index contributed by atoms with van der Waals surface area (Å²) in [5, 5.41) is 2.97. The van der Waals surface area contributed by atoms with Crippen LogP contribution in [0.4, 0.5) is 5.69 Å². The third-order valence-corrected chi connectivity index (χ3v) is 3.83. The van der Waals surface area contributed by atoms with Crippen LogP contribution in [0.15, 0.2) is 18.2 Å². The van der Waals surface area contributed by atoms with Gasteiger partial charge in [-0.3, -0.25) is 9.69 Å². The summed E-state index contributed by atoms with van der Waals surface area (Å²) in [4.78, 5) is 14.5. The minimum Gasteiger partial charge on any atom is -0.399 e. The molecule has 0 aromatic heterocycles. The van der Waals surface area contributed by atoms with Crippen molar-refractivity contribution in [1.29, 1.82) is 0 Å². The second kappa shape index (κ2) is 6.91. The lowest BCUT2D eigenvalue weighted by Gasteiger charge is -2.35. The minimum atomic E-state index is -0.234.